The number of ketones is 1. The van der Waals surface area contributed by atoms with Gasteiger partial charge in [0.1, 0.15) is 17.2 Å². The number of carbonyl (C=O) groups is 2. The number of hydrogen-bond acceptors (Lipinski definition) is 5. The van der Waals surface area contributed by atoms with Crippen LogP contribution in [0.25, 0.3) is 6.08 Å². The number of benzene rings is 2. The lowest BCUT2D eigenvalue weighted by Gasteiger charge is -2.24. The van der Waals surface area contributed by atoms with Gasteiger partial charge in [-0.1, -0.05) is 19.9 Å². The number of carbonyl (C=O) groups excluding carboxylic acids is 2. The summed E-state index contributed by atoms with van der Waals surface area (Å²) in [5.41, 5.74) is 1.39. The molecule has 0 unspecified atom stereocenters. The lowest BCUT2D eigenvalue weighted by molar-refractivity contribution is -0.131. The third-order valence-electron chi connectivity index (χ3n) is 4.36. The molecule has 0 heterocycles. The summed E-state index contributed by atoms with van der Waals surface area (Å²) in [5.74, 6) is 0.301. The van der Waals surface area contributed by atoms with Crippen molar-refractivity contribution in [3.63, 3.8) is 0 Å². The van der Waals surface area contributed by atoms with Crippen molar-refractivity contribution in [2.75, 3.05) is 7.11 Å². The molecular formula is C23H24O5. The minimum atomic E-state index is -0.472. The fraction of sp³-hybridized carbons (Fsp3) is 0.217. The second-order valence-corrected chi connectivity index (χ2v) is 6.85. The molecular weight excluding hydrogens is 356 g/mol. The Morgan fingerprint density at radius 2 is 1.75 bits per heavy atom. The molecule has 1 N–H and O–H groups in total. The van der Waals surface area contributed by atoms with Crippen LogP contribution >= 0.6 is 0 Å². The number of hydrogen-bond donors (Lipinski definition) is 1. The van der Waals surface area contributed by atoms with Crippen LogP contribution in [0.1, 0.15) is 42.3 Å². The molecule has 28 heavy (non-hydrogen) atoms. The van der Waals surface area contributed by atoms with Gasteiger partial charge in [-0.05, 0) is 42.5 Å². The molecule has 0 saturated carbocycles. The number of phenols is 1. The number of methoxy groups -OCH3 is 1. The monoisotopic (exact) mass is 380 g/mol. The summed E-state index contributed by atoms with van der Waals surface area (Å²) in [6.07, 6.45) is 4.84. The maximum atomic E-state index is 12.4. The highest BCUT2D eigenvalue weighted by molar-refractivity contribution is 6.07. The molecule has 2 aromatic rings. The molecule has 0 aliphatic rings. The fourth-order valence-electron chi connectivity index (χ4n) is 2.63. The Labute approximate surface area is 164 Å². The highest BCUT2D eigenvalue weighted by atomic mass is 16.5. The Morgan fingerprint density at radius 1 is 1.11 bits per heavy atom. The lowest BCUT2D eigenvalue weighted by atomic mass is 9.83. The number of phenolic OH excluding ortho intramolecular Hbond substituents is 1. The van der Waals surface area contributed by atoms with Gasteiger partial charge in [-0.3, -0.25) is 9.59 Å². The van der Waals surface area contributed by atoms with Crippen molar-refractivity contribution in [3.05, 3.63) is 71.8 Å². The van der Waals surface area contributed by atoms with Crippen LogP contribution in [0.2, 0.25) is 0 Å². The summed E-state index contributed by atoms with van der Waals surface area (Å²) in [6, 6.07) is 9.47. The average molecular weight is 380 g/mol. The summed E-state index contributed by atoms with van der Waals surface area (Å²) in [4.78, 5) is 23.9. The van der Waals surface area contributed by atoms with Crippen molar-refractivity contribution in [2.45, 2.75) is 26.2 Å². The summed E-state index contributed by atoms with van der Waals surface area (Å²) in [7, 11) is 1.50. The van der Waals surface area contributed by atoms with Gasteiger partial charge in [-0.15, -0.1) is 6.58 Å². The standard InChI is InChI=1S/C23H24O5/c1-6-23(3,4)19-13-17(21(27-5)14-22(19)28-15(2)24)9-12-20(26)16-7-10-18(25)11-8-16/h6-14,25H,1H2,2-5H3/b12-9+. The van der Waals surface area contributed by atoms with Gasteiger partial charge in [0.2, 0.25) is 0 Å². The van der Waals surface area contributed by atoms with Crippen LogP contribution in [-0.4, -0.2) is 24.0 Å². The number of allylic oxidation sites excluding steroid dienone is 2. The number of aromatic hydroxyl groups is 1. The first-order valence-electron chi connectivity index (χ1n) is 8.74. The molecule has 2 rings (SSSR count). The Hall–Kier alpha value is -3.34. The van der Waals surface area contributed by atoms with E-state index >= 15 is 0 Å². The lowest BCUT2D eigenvalue weighted by Crippen LogP contribution is -2.17. The van der Waals surface area contributed by atoms with Crippen LogP contribution in [0.15, 0.2) is 55.1 Å². The second-order valence-electron chi connectivity index (χ2n) is 6.85. The Kier molecular flexibility index (Phi) is 6.41. The largest absolute Gasteiger partial charge is 0.508 e. The normalized spacial score (nSPS) is 11.3. The summed E-state index contributed by atoms with van der Waals surface area (Å²) in [6.45, 7) is 9.09. The molecule has 5 heteroatoms. The zero-order chi connectivity index (χ0) is 20.9. The van der Waals surface area contributed by atoms with Crippen molar-refractivity contribution in [1.29, 1.82) is 0 Å². The molecule has 0 spiro atoms. The third-order valence-corrected chi connectivity index (χ3v) is 4.36. The molecule has 0 aliphatic heterocycles. The predicted molar refractivity (Wildman–Crippen MR) is 109 cm³/mol. The van der Waals surface area contributed by atoms with E-state index in [2.05, 4.69) is 6.58 Å². The van der Waals surface area contributed by atoms with Crippen LogP contribution in [0.5, 0.6) is 17.2 Å². The maximum Gasteiger partial charge on any atom is 0.308 e. The van der Waals surface area contributed by atoms with E-state index in [1.54, 1.807) is 30.4 Å². The first kappa shape index (κ1) is 21.0. The number of esters is 1. The predicted octanol–water partition coefficient (Wildman–Crippen LogP) is 4.69. The zero-order valence-corrected chi connectivity index (χ0v) is 16.5. The van der Waals surface area contributed by atoms with Gasteiger partial charge in [0.25, 0.3) is 0 Å². The van der Waals surface area contributed by atoms with Crippen molar-refractivity contribution < 1.29 is 24.2 Å². The van der Waals surface area contributed by atoms with Crippen LogP contribution in [-0.2, 0) is 10.2 Å². The van der Waals surface area contributed by atoms with Crippen molar-refractivity contribution in [2.24, 2.45) is 0 Å². The fourth-order valence-corrected chi connectivity index (χ4v) is 2.63. The van der Waals surface area contributed by atoms with E-state index < -0.39 is 11.4 Å². The van der Waals surface area contributed by atoms with E-state index in [1.165, 1.54) is 32.2 Å². The third kappa shape index (κ3) is 4.88. The minimum Gasteiger partial charge on any atom is -0.508 e. The molecule has 0 aliphatic carbocycles. The topological polar surface area (TPSA) is 72.8 Å². The van der Waals surface area contributed by atoms with Crippen molar-refractivity contribution >= 4 is 17.8 Å². The molecule has 2 aromatic carbocycles. The van der Waals surface area contributed by atoms with Crippen molar-refractivity contribution in [1.82, 2.24) is 0 Å². The van der Waals surface area contributed by atoms with Gasteiger partial charge >= 0.3 is 5.97 Å². The summed E-state index contributed by atoms with van der Waals surface area (Å²) >= 11 is 0. The maximum absolute atomic E-state index is 12.4. The summed E-state index contributed by atoms with van der Waals surface area (Å²) in [5, 5.41) is 9.34. The zero-order valence-electron chi connectivity index (χ0n) is 16.5. The van der Waals surface area contributed by atoms with Crippen molar-refractivity contribution in [3.8, 4) is 17.2 Å². The molecule has 5 nitrogen and oxygen atoms in total. The summed E-state index contributed by atoms with van der Waals surface area (Å²) < 4.78 is 10.8. The van der Waals surface area contributed by atoms with E-state index in [0.29, 0.717) is 22.6 Å². The second kappa shape index (κ2) is 8.57. The Morgan fingerprint density at radius 3 is 2.29 bits per heavy atom. The molecule has 146 valence electrons. The van der Waals surface area contributed by atoms with Crippen LogP contribution in [0.3, 0.4) is 0 Å². The SMILES string of the molecule is C=CC(C)(C)c1cc(/C=C/C(=O)c2ccc(O)cc2)c(OC)cc1OC(C)=O. The van der Waals surface area contributed by atoms with Gasteiger partial charge in [0.05, 0.1) is 7.11 Å². The number of rotatable bonds is 7. The van der Waals surface area contributed by atoms with E-state index in [9.17, 15) is 14.7 Å². The quantitative estimate of drug-likeness (QED) is 0.248. The Bertz CT molecular complexity index is 921. The van der Waals surface area contributed by atoms with Crippen LogP contribution < -0.4 is 9.47 Å². The van der Waals surface area contributed by atoms with E-state index in [0.717, 1.165) is 5.56 Å². The van der Waals surface area contributed by atoms with Crippen LogP contribution in [0.4, 0.5) is 0 Å². The molecule has 0 amide bonds. The molecule has 0 radical (unpaired) electrons. The molecule has 0 bridgehead atoms. The highest BCUT2D eigenvalue weighted by Crippen LogP contribution is 2.38. The molecule has 0 aromatic heterocycles. The van der Waals surface area contributed by atoms with E-state index in [-0.39, 0.29) is 11.5 Å². The number of ether oxygens (including phenoxy) is 2. The minimum absolute atomic E-state index is 0.0968. The molecule has 0 saturated heterocycles. The smallest absolute Gasteiger partial charge is 0.308 e. The van der Waals surface area contributed by atoms with Gasteiger partial charge in [0.15, 0.2) is 5.78 Å². The highest BCUT2D eigenvalue weighted by Gasteiger charge is 2.24. The first-order valence-corrected chi connectivity index (χ1v) is 8.74. The molecule has 0 fully saturated rings. The van der Waals surface area contributed by atoms with E-state index in [1.807, 2.05) is 19.9 Å². The van der Waals surface area contributed by atoms with E-state index in [4.69, 9.17) is 9.47 Å². The molecule has 0 atom stereocenters. The Balaban J connectivity index is 2.49. The first-order chi connectivity index (χ1) is 13.2. The van der Waals surface area contributed by atoms with Gasteiger partial charge < -0.3 is 14.6 Å². The van der Waals surface area contributed by atoms with Gasteiger partial charge in [-0.25, -0.2) is 0 Å². The van der Waals surface area contributed by atoms with Gasteiger partial charge in [-0.2, -0.15) is 0 Å². The van der Waals surface area contributed by atoms with Gasteiger partial charge in [0, 0.05) is 35.1 Å². The average Bonchev–Trinajstić information content (AvgIpc) is 2.66. The van der Waals surface area contributed by atoms with Crippen LogP contribution in [0, 0.1) is 0 Å².